The number of ether oxygens (including phenoxy) is 1. The highest BCUT2D eigenvalue weighted by Crippen LogP contribution is 2.46. The summed E-state index contributed by atoms with van der Waals surface area (Å²) < 4.78 is 11.1. The van der Waals surface area contributed by atoms with Gasteiger partial charge in [-0.2, -0.15) is 5.26 Å². The Morgan fingerprint density at radius 2 is 2.07 bits per heavy atom. The Morgan fingerprint density at radius 3 is 2.72 bits per heavy atom. The highest BCUT2D eigenvalue weighted by molar-refractivity contribution is 8.17. The van der Waals surface area contributed by atoms with Gasteiger partial charge in [-0.1, -0.05) is 11.6 Å². The van der Waals surface area contributed by atoms with Crippen molar-refractivity contribution in [1.82, 2.24) is 4.90 Å². The monoisotopic (exact) mass is 426 g/mol. The number of methoxy groups -OCH3 is 1. The first-order valence-corrected chi connectivity index (χ1v) is 9.74. The van der Waals surface area contributed by atoms with Crippen molar-refractivity contribution < 1.29 is 13.9 Å². The van der Waals surface area contributed by atoms with Gasteiger partial charge in [0.15, 0.2) is 5.17 Å². The number of aliphatic imine (C=N–C) groups is 1. The van der Waals surface area contributed by atoms with E-state index < -0.39 is 12.0 Å². The van der Waals surface area contributed by atoms with Crippen LogP contribution >= 0.6 is 23.4 Å². The van der Waals surface area contributed by atoms with Gasteiger partial charge in [-0.05, 0) is 55.1 Å². The van der Waals surface area contributed by atoms with Crippen molar-refractivity contribution in [2.45, 2.75) is 13.0 Å². The van der Waals surface area contributed by atoms with Gasteiger partial charge in [0.1, 0.15) is 34.4 Å². The van der Waals surface area contributed by atoms with Crippen molar-refractivity contribution in [2.24, 2.45) is 10.7 Å². The van der Waals surface area contributed by atoms with E-state index in [1.807, 2.05) is 18.2 Å². The van der Waals surface area contributed by atoms with E-state index in [1.54, 1.807) is 30.0 Å². The molecule has 2 N–H and O–H groups in total. The number of nitrogens with zero attached hydrogens (tertiary/aromatic N) is 3. The second-order valence-electron chi connectivity index (χ2n) is 6.29. The first kappa shape index (κ1) is 19.2. The molecular weight excluding hydrogens is 412 g/mol. The first-order chi connectivity index (χ1) is 13.9. The summed E-state index contributed by atoms with van der Waals surface area (Å²) in [5, 5.41) is 10.5. The minimum atomic E-state index is -0.700. The average molecular weight is 427 g/mol. The summed E-state index contributed by atoms with van der Waals surface area (Å²) in [7, 11) is 1.30. The maximum absolute atomic E-state index is 12.6. The Kier molecular flexibility index (Phi) is 4.86. The Labute approximate surface area is 176 Å². The molecular formula is C20H15ClN4O3S. The van der Waals surface area contributed by atoms with Gasteiger partial charge in [0.25, 0.3) is 0 Å². The van der Waals surface area contributed by atoms with Crippen molar-refractivity contribution >= 4 is 34.5 Å². The second-order valence-corrected chi connectivity index (χ2v) is 7.71. The number of carbonyl (C=O) groups excluding carboxylic acids is 1. The summed E-state index contributed by atoms with van der Waals surface area (Å²) in [6.07, 6.45) is 0. The number of carbonyl (C=O) groups is 1. The number of nitrogens with two attached hydrogens (primary N) is 1. The highest BCUT2D eigenvalue weighted by Gasteiger charge is 2.44. The van der Waals surface area contributed by atoms with Crippen molar-refractivity contribution in [3.05, 3.63) is 69.2 Å². The number of amidine groups is 1. The van der Waals surface area contributed by atoms with Crippen LogP contribution in [0.15, 0.2) is 67.8 Å². The number of halogens is 1. The third kappa shape index (κ3) is 3.18. The number of fused-ring (bicyclic) bond motifs is 1. The topological polar surface area (TPSA) is 105 Å². The molecule has 1 atom stereocenters. The molecule has 7 nitrogen and oxygen atoms in total. The van der Waals surface area contributed by atoms with Crippen molar-refractivity contribution in [3.8, 4) is 17.4 Å². The Morgan fingerprint density at radius 1 is 1.34 bits per heavy atom. The highest BCUT2D eigenvalue weighted by atomic mass is 35.5. The zero-order valence-corrected chi connectivity index (χ0v) is 17.0. The molecule has 0 radical (unpaired) electrons. The van der Waals surface area contributed by atoms with E-state index in [0.29, 0.717) is 37.9 Å². The molecule has 2 aliphatic rings. The van der Waals surface area contributed by atoms with E-state index in [2.05, 4.69) is 11.1 Å². The Balaban J connectivity index is 1.83. The fourth-order valence-corrected chi connectivity index (χ4v) is 4.29. The molecule has 2 aromatic rings. The van der Waals surface area contributed by atoms with Gasteiger partial charge in [-0.25, -0.2) is 9.79 Å². The van der Waals surface area contributed by atoms with Crippen LogP contribution in [0.2, 0.25) is 5.02 Å². The van der Waals surface area contributed by atoms with Gasteiger partial charge in [-0.15, -0.1) is 0 Å². The molecule has 4 rings (SSSR count). The lowest BCUT2D eigenvalue weighted by Gasteiger charge is -2.33. The van der Waals surface area contributed by atoms with E-state index in [1.165, 1.54) is 7.11 Å². The molecule has 0 unspecified atom stereocenters. The third-order valence-electron chi connectivity index (χ3n) is 4.61. The van der Waals surface area contributed by atoms with E-state index in [9.17, 15) is 10.1 Å². The van der Waals surface area contributed by atoms with Crippen LogP contribution in [0, 0.1) is 11.3 Å². The summed E-state index contributed by atoms with van der Waals surface area (Å²) in [4.78, 5) is 19.0. The Bertz CT molecular complexity index is 1140. The number of hydrogen-bond acceptors (Lipinski definition) is 8. The van der Waals surface area contributed by atoms with Gasteiger partial charge in [0, 0.05) is 10.6 Å². The summed E-state index contributed by atoms with van der Waals surface area (Å²) in [6.45, 7) is 1.72. The summed E-state index contributed by atoms with van der Waals surface area (Å²) in [5.74, 6) is 0.768. The summed E-state index contributed by atoms with van der Waals surface area (Å²) >= 11 is 7.12. The molecule has 0 saturated heterocycles. The number of benzene rings is 1. The Hall–Kier alpha value is -3.15. The zero-order chi connectivity index (χ0) is 20.7. The molecule has 9 heteroatoms. The number of rotatable bonds is 3. The smallest absolute Gasteiger partial charge is 0.338 e. The van der Waals surface area contributed by atoms with Crippen LogP contribution in [-0.2, 0) is 9.53 Å². The largest absolute Gasteiger partial charge is 0.466 e. The van der Waals surface area contributed by atoms with E-state index >= 15 is 0 Å². The second kappa shape index (κ2) is 7.35. The molecule has 29 heavy (non-hydrogen) atoms. The van der Waals surface area contributed by atoms with Crippen LogP contribution < -0.4 is 5.73 Å². The molecule has 0 amide bonds. The lowest BCUT2D eigenvalue weighted by Crippen LogP contribution is -2.38. The van der Waals surface area contributed by atoms with Crippen LogP contribution in [0.4, 0.5) is 0 Å². The number of allylic oxidation sites excluding steroid dienone is 2. The maximum Gasteiger partial charge on any atom is 0.338 e. The summed E-state index contributed by atoms with van der Waals surface area (Å²) in [5.41, 5.74) is 7.83. The van der Waals surface area contributed by atoms with E-state index in [-0.39, 0.29) is 5.82 Å². The number of thioether (sulfide) groups is 1. The molecule has 1 aromatic heterocycles. The van der Waals surface area contributed by atoms with Gasteiger partial charge in [0.2, 0.25) is 0 Å². The lowest BCUT2D eigenvalue weighted by molar-refractivity contribution is -0.136. The molecule has 1 aromatic carbocycles. The molecule has 2 aliphatic heterocycles. The van der Waals surface area contributed by atoms with Crippen LogP contribution in [0.3, 0.4) is 0 Å². The van der Waals surface area contributed by atoms with Gasteiger partial charge >= 0.3 is 5.97 Å². The predicted octanol–water partition coefficient (Wildman–Crippen LogP) is 4.16. The number of furan rings is 1. The minimum Gasteiger partial charge on any atom is -0.466 e. The van der Waals surface area contributed by atoms with Gasteiger partial charge in [0.05, 0.1) is 18.4 Å². The van der Waals surface area contributed by atoms with Gasteiger partial charge in [-0.3, -0.25) is 4.90 Å². The number of esters is 1. The predicted molar refractivity (Wildman–Crippen MR) is 110 cm³/mol. The molecule has 146 valence electrons. The van der Waals surface area contributed by atoms with Crippen molar-refractivity contribution in [1.29, 1.82) is 5.26 Å². The van der Waals surface area contributed by atoms with Crippen LogP contribution in [-0.4, -0.2) is 23.1 Å². The first-order valence-electron chi connectivity index (χ1n) is 8.55. The maximum atomic E-state index is 12.6. The standard InChI is InChI=1S/C20H15ClN4O3S/c1-10-16(19(26)27-2)17(25-18(23)15(9-22)29-20(25)24-10)14-8-7-13(28-14)11-3-5-12(21)6-4-11/h3-8,17H,23H2,1-2H3/t17-/m0/s1. The molecule has 0 fully saturated rings. The van der Waals surface area contributed by atoms with E-state index in [4.69, 9.17) is 26.5 Å². The van der Waals surface area contributed by atoms with Crippen molar-refractivity contribution in [2.75, 3.05) is 7.11 Å². The zero-order valence-electron chi connectivity index (χ0n) is 15.5. The summed E-state index contributed by atoms with van der Waals surface area (Å²) in [6, 6.07) is 12.2. The normalized spacial score (nSPS) is 18.5. The van der Waals surface area contributed by atoms with Crippen LogP contribution in [0.5, 0.6) is 0 Å². The molecule has 0 bridgehead atoms. The quantitative estimate of drug-likeness (QED) is 0.734. The van der Waals surface area contributed by atoms with Crippen LogP contribution in [0.25, 0.3) is 11.3 Å². The fraction of sp³-hybridized carbons (Fsp3) is 0.150. The molecule has 0 saturated carbocycles. The van der Waals surface area contributed by atoms with Crippen LogP contribution in [0.1, 0.15) is 18.7 Å². The van der Waals surface area contributed by atoms with Crippen molar-refractivity contribution in [3.63, 3.8) is 0 Å². The molecule has 0 spiro atoms. The lowest BCUT2D eigenvalue weighted by atomic mass is 10.00. The van der Waals surface area contributed by atoms with E-state index in [0.717, 1.165) is 17.3 Å². The molecule has 3 heterocycles. The average Bonchev–Trinajstić information content (AvgIpc) is 3.32. The fourth-order valence-electron chi connectivity index (χ4n) is 3.25. The number of hydrogen-bond donors (Lipinski definition) is 1. The SMILES string of the molecule is COC(=O)C1=C(C)N=C2SC(C#N)=C(N)N2[C@H]1c1ccc(-c2ccc(Cl)cc2)o1. The third-order valence-corrected chi connectivity index (χ3v) is 5.84. The number of nitriles is 1. The minimum absolute atomic E-state index is 0.222. The van der Waals surface area contributed by atoms with Gasteiger partial charge < -0.3 is 14.9 Å². The molecule has 0 aliphatic carbocycles.